The Hall–Kier alpha value is -2.80. The van der Waals surface area contributed by atoms with Crippen LogP contribution in [0.15, 0.2) is 36.5 Å². The van der Waals surface area contributed by atoms with Crippen LogP contribution in [0.25, 0.3) is 10.9 Å². The number of amides is 1. The highest BCUT2D eigenvalue weighted by molar-refractivity contribution is 6.05. The number of hydrogen-bond donors (Lipinski definition) is 2. The molecule has 1 unspecified atom stereocenters. The third-order valence-corrected chi connectivity index (χ3v) is 4.52. The van der Waals surface area contributed by atoms with Crippen molar-refractivity contribution >= 4 is 16.8 Å². The van der Waals surface area contributed by atoms with Gasteiger partial charge in [0, 0.05) is 24.0 Å². The lowest BCUT2D eigenvalue weighted by Gasteiger charge is -2.21. The highest BCUT2D eigenvalue weighted by Gasteiger charge is 2.42. The Bertz CT molecular complexity index is 908. The van der Waals surface area contributed by atoms with Gasteiger partial charge >= 0.3 is 0 Å². The number of carbonyl (C=O) groups excluding carboxylic acids is 1. The number of rotatable bonds is 2. The minimum absolute atomic E-state index is 0.127. The molecule has 7 heteroatoms. The molecule has 0 aliphatic carbocycles. The SMILES string of the molecule is Cc1ccc2cccc(C(=O)N3CCC(O)(c4cn[nH]n4)C3)c2n1. The van der Waals surface area contributed by atoms with E-state index in [1.165, 1.54) is 6.20 Å². The number of benzene rings is 1. The first-order valence-corrected chi connectivity index (χ1v) is 7.81. The topological polar surface area (TPSA) is 95.0 Å². The lowest BCUT2D eigenvalue weighted by atomic mass is 10.00. The number of hydrogen-bond acceptors (Lipinski definition) is 5. The van der Waals surface area contributed by atoms with Gasteiger partial charge < -0.3 is 10.0 Å². The molecule has 0 spiro atoms. The molecule has 3 heterocycles. The Balaban J connectivity index is 1.67. The van der Waals surface area contributed by atoms with E-state index in [2.05, 4.69) is 20.4 Å². The number of likely N-dealkylation sites (tertiary alicyclic amines) is 1. The lowest BCUT2D eigenvalue weighted by molar-refractivity contribution is 0.0382. The molecule has 1 fully saturated rings. The molecule has 0 saturated carbocycles. The summed E-state index contributed by atoms with van der Waals surface area (Å²) in [7, 11) is 0. The van der Waals surface area contributed by atoms with E-state index < -0.39 is 5.60 Å². The molecule has 1 atom stereocenters. The first-order chi connectivity index (χ1) is 11.6. The molecule has 4 rings (SSSR count). The third kappa shape index (κ3) is 2.33. The Morgan fingerprint density at radius 3 is 3.00 bits per heavy atom. The van der Waals surface area contributed by atoms with Crippen molar-refractivity contribution < 1.29 is 9.90 Å². The van der Waals surface area contributed by atoms with Crippen molar-refractivity contribution in [2.24, 2.45) is 0 Å². The van der Waals surface area contributed by atoms with Gasteiger partial charge in [0.15, 0.2) is 0 Å². The van der Waals surface area contributed by atoms with E-state index in [4.69, 9.17) is 0 Å². The molecule has 2 N–H and O–H groups in total. The molecule has 1 saturated heterocycles. The van der Waals surface area contributed by atoms with E-state index in [9.17, 15) is 9.90 Å². The van der Waals surface area contributed by atoms with Crippen molar-refractivity contribution in [2.45, 2.75) is 18.9 Å². The summed E-state index contributed by atoms with van der Waals surface area (Å²) in [5.41, 5.74) is 1.42. The van der Waals surface area contributed by atoms with Crippen molar-refractivity contribution in [3.63, 3.8) is 0 Å². The zero-order chi connectivity index (χ0) is 16.7. The van der Waals surface area contributed by atoms with E-state index >= 15 is 0 Å². The summed E-state index contributed by atoms with van der Waals surface area (Å²) in [5.74, 6) is -0.127. The van der Waals surface area contributed by atoms with Crippen LogP contribution in [-0.4, -0.2) is 49.4 Å². The number of para-hydroxylation sites is 1. The quantitative estimate of drug-likeness (QED) is 0.743. The molecule has 1 aromatic carbocycles. The van der Waals surface area contributed by atoms with Gasteiger partial charge in [0.25, 0.3) is 5.91 Å². The largest absolute Gasteiger partial charge is 0.381 e. The second-order valence-corrected chi connectivity index (χ2v) is 6.19. The van der Waals surface area contributed by atoms with E-state index in [0.29, 0.717) is 29.7 Å². The maximum Gasteiger partial charge on any atom is 0.256 e. The second-order valence-electron chi connectivity index (χ2n) is 6.19. The van der Waals surface area contributed by atoms with Gasteiger partial charge in [-0.15, -0.1) is 0 Å². The molecule has 0 bridgehead atoms. The van der Waals surface area contributed by atoms with Crippen LogP contribution in [0.5, 0.6) is 0 Å². The predicted molar refractivity (Wildman–Crippen MR) is 87.3 cm³/mol. The number of H-pyrrole nitrogens is 1. The smallest absolute Gasteiger partial charge is 0.256 e. The number of pyridine rings is 1. The molecular weight excluding hydrogens is 306 g/mol. The Labute approximate surface area is 138 Å². The van der Waals surface area contributed by atoms with Crippen LogP contribution in [0.1, 0.15) is 28.2 Å². The number of aromatic amines is 1. The summed E-state index contributed by atoms with van der Waals surface area (Å²) in [5, 5.41) is 21.9. The molecule has 122 valence electrons. The van der Waals surface area contributed by atoms with Gasteiger partial charge in [-0.25, -0.2) is 0 Å². The normalized spacial score (nSPS) is 20.7. The Morgan fingerprint density at radius 1 is 1.33 bits per heavy atom. The number of aromatic nitrogens is 4. The average Bonchev–Trinajstić information content (AvgIpc) is 3.24. The van der Waals surface area contributed by atoms with Gasteiger partial charge in [0.05, 0.1) is 23.8 Å². The van der Waals surface area contributed by atoms with Crippen molar-refractivity contribution in [3.05, 3.63) is 53.5 Å². The van der Waals surface area contributed by atoms with Crippen LogP contribution >= 0.6 is 0 Å². The highest BCUT2D eigenvalue weighted by atomic mass is 16.3. The number of fused-ring (bicyclic) bond motifs is 1. The van der Waals surface area contributed by atoms with Gasteiger partial charge in [0.1, 0.15) is 11.3 Å². The van der Waals surface area contributed by atoms with Gasteiger partial charge in [0.2, 0.25) is 0 Å². The van der Waals surface area contributed by atoms with Gasteiger partial charge in [-0.3, -0.25) is 9.78 Å². The average molecular weight is 323 g/mol. The fraction of sp³-hybridized carbons (Fsp3) is 0.294. The van der Waals surface area contributed by atoms with Gasteiger partial charge in [-0.2, -0.15) is 15.4 Å². The van der Waals surface area contributed by atoms with Gasteiger partial charge in [-0.05, 0) is 19.1 Å². The van der Waals surface area contributed by atoms with Crippen LogP contribution in [-0.2, 0) is 5.60 Å². The van der Waals surface area contributed by atoms with Crippen molar-refractivity contribution in [3.8, 4) is 0 Å². The maximum atomic E-state index is 13.0. The number of β-amino-alcohol motifs (C(OH)–C–C–N with tert-alkyl or cyclic N) is 1. The Kier molecular flexibility index (Phi) is 3.31. The summed E-state index contributed by atoms with van der Waals surface area (Å²) in [6, 6.07) is 9.46. The van der Waals surface area contributed by atoms with Crippen LogP contribution < -0.4 is 0 Å². The molecule has 2 aromatic heterocycles. The lowest BCUT2D eigenvalue weighted by Crippen LogP contribution is -2.34. The minimum atomic E-state index is -1.16. The molecular formula is C17H17N5O2. The standard InChI is InChI=1S/C17H17N5O2/c1-11-5-6-12-3-2-4-13(15(12)19-11)16(23)22-8-7-17(24,10-22)14-9-18-21-20-14/h2-6,9,24H,7-8,10H2,1H3,(H,18,20,21). The van der Waals surface area contributed by atoms with E-state index in [-0.39, 0.29) is 12.5 Å². The number of nitrogens with one attached hydrogen (secondary N) is 1. The van der Waals surface area contributed by atoms with E-state index in [0.717, 1.165) is 11.1 Å². The van der Waals surface area contributed by atoms with Crippen LogP contribution in [0.4, 0.5) is 0 Å². The third-order valence-electron chi connectivity index (χ3n) is 4.52. The molecule has 1 amide bonds. The summed E-state index contributed by atoms with van der Waals surface area (Å²) in [6.07, 6.45) is 1.93. The number of aryl methyl sites for hydroxylation is 1. The van der Waals surface area contributed by atoms with Crippen molar-refractivity contribution in [2.75, 3.05) is 13.1 Å². The second kappa shape index (κ2) is 5.38. The fourth-order valence-electron chi connectivity index (χ4n) is 3.19. The van der Waals surface area contributed by atoms with Crippen molar-refractivity contribution in [1.82, 2.24) is 25.3 Å². The van der Waals surface area contributed by atoms with E-state index in [1.807, 2.05) is 31.2 Å². The van der Waals surface area contributed by atoms with E-state index in [1.54, 1.807) is 11.0 Å². The number of aliphatic hydroxyl groups is 1. The predicted octanol–water partition coefficient (Wildman–Crippen LogP) is 1.40. The summed E-state index contributed by atoms with van der Waals surface area (Å²) >= 11 is 0. The first-order valence-electron chi connectivity index (χ1n) is 7.81. The summed E-state index contributed by atoms with van der Waals surface area (Å²) < 4.78 is 0. The Morgan fingerprint density at radius 2 is 2.21 bits per heavy atom. The molecule has 1 aliphatic heterocycles. The summed E-state index contributed by atoms with van der Waals surface area (Å²) in [6.45, 7) is 2.56. The zero-order valence-electron chi connectivity index (χ0n) is 13.2. The maximum absolute atomic E-state index is 13.0. The first kappa shape index (κ1) is 14.8. The van der Waals surface area contributed by atoms with Gasteiger partial charge in [-0.1, -0.05) is 18.2 Å². The van der Waals surface area contributed by atoms with Crippen LogP contribution in [0.3, 0.4) is 0 Å². The van der Waals surface area contributed by atoms with Crippen LogP contribution in [0, 0.1) is 6.92 Å². The molecule has 1 aliphatic rings. The minimum Gasteiger partial charge on any atom is -0.381 e. The monoisotopic (exact) mass is 323 g/mol. The summed E-state index contributed by atoms with van der Waals surface area (Å²) in [4.78, 5) is 19.1. The number of carbonyl (C=O) groups is 1. The molecule has 3 aromatic rings. The van der Waals surface area contributed by atoms with Crippen molar-refractivity contribution in [1.29, 1.82) is 0 Å². The van der Waals surface area contributed by atoms with Crippen LogP contribution in [0.2, 0.25) is 0 Å². The fourth-order valence-corrected chi connectivity index (χ4v) is 3.19. The molecule has 24 heavy (non-hydrogen) atoms. The number of nitrogens with zero attached hydrogens (tertiary/aromatic N) is 4. The molecule has 0 radical (unpaired) electrons. The zero-order valence-corrected chi connectivity index (χ0v) is 13.2. The highest BCUT2D eigenvalue weighted by Crippen LogP contribution is 2.31. The molecule has 7 nitrogen and oxygen atoms in total.